The van der Waals surface area contributed by atoms with Gasteiger partial charge >= 0.3 is 0 Å². The zero-order valence-corrected chi connectivity index (χ0v) is 14.1. The van der Waals surface area contributed by atoms with E-state index in [2.05, 4.69) is 12.1 Å². The highest BCUT2D eigenvalue weighted by Crippen LogP contribution is 2.32. The molecular weight excluding hydrogens is 300 g/mol. The van der Waals surface area contributed by atoms with Gasteiger partial charge in [0.25, 0.3) is 5.56 Å². The summed E-state index contributed by atoms with van der Waals surface area (Å²) in [6.45, 7) is 3.19. The second-order valence-corrected chi connectivity index (χ2v) is 5.84. The fourth-order valence-corrected chi connectivity index (χ4v) is 3.16. The average molecular weight is 322 g/mol. The third kappa shape index (κ3) is 2.81. The molecule has 3 aromatic rings. The molecule has 0 bridgehead atoms. The maximum Gasteiger partial charge on any atom is 0.258 e. The minimum absolute atomic E-state index is 0.0262. The van der Waals surface area contributed by atoms with Gasteiger partial charge in [-0.25, -0.2) is 0 Å². The molecule has 24 heavy (non-hydrogen) atoms. The van der Waals surface area contributed by atoms with Crippen molar-refractivity contribution in [3.05, 3.63) is 64.6 Å². The van der Waals surface area contributed by atoms with E-state index in [1.807, 2.05) is 47.9 Å². The topological polar surface area (TPSA) is 57.2 Å². The van der Waals surface area contributed by atoms with Crippen molar-refractivity contribution in [3.63, 3.8) is 0 Å². The number of hydrogen-bond acceptors (Lipinski definition) is 3. The Kier molecular flexibility index (Phi) is 4.67. The standard InChI is InChI=1S/C20H22N2O2/c1-14-19(15-7-4-3-5-8-15)18-13-16(24-2)9-10-17(18)20(23)22(14)12-6-11-21/h3-5,7-10,13H,6,11-12,21H2,1-2H3. The molecule has 0 aliphatic carbocycles. The molecule has 124 valence electrons. The Morgan fingerprint density at radius 1 is 1.08 bits per heavy atom. The van der Waals surface area contributed by atoms with E-state index >= 15 is 0 Å². The number of ether oxygens (including phenoxy) is 1. The van der Waals surface area contributed by atoms with Gasteiger partial charge in [0.1, 0.15) is 5.75 Å². The summed E-state index contributed by atoms with van der Waals surface area (Å²) in [4.78, 5) is 12.9. The average Bonchev–Trinajstić information content (AvgIpc) is 2.62. The van der Waals surface area contributed by atoms with Crippen LogP contribution in [0.15, 0.2) is 53.3 Å². The van der Waals surface area contributed by atoms with Crippen LogP contribution in [0.25, 0.3) is 21.9 Å². The molecule has 3 rings (SSSR count). The molecule has 0 saturated heterocycles. The van der Waals surface area contributed by atoms with Crippen molar-refractivity contribution in [3.8, 4) is 16.9 Å². The lowest BCUT2D eigenvalue weighted by molar-refractivity contribution is 0.415. The summed E-state index contributed by atoms with van der Waals surface area (Å²) < 4.78 is 7.20. The van der Waals surface area contributed by atoms with Gasteiger partial charge in [0.05, 0.1) is 7.11 Å². The molecule has 0 amide bonds. The number of hydrogen-bond donors (Lipinski definition) is 1. The number of pyridine rings is 1. The van der Waals surface area contributed by atoms with E-state index < -0.39 is 0 Å². The summed E-state index contributed by atoms with van der Waals surface area (Å²) in [7, 11) is 1.64. The number of rotatable bonds is 5. The number of benzene rings is 2. The summed E-state index contributed by atoms with van der Waals surface area (Å²) in [6, 6.07) is 15.8. The smallest absolute Gasteiger partial charge is 0.258 e. The van der Waals surface area contributed by atoms with Crippen molar-refractivity contribution in [2.24, 2.45) is 5.73 Å². The monoisotopic (exact) mass is 322 g/mol. The van der Waals surface area contributed by atoms with Crippen LogP contribution in [-0.4, -0.2) is 18.2 Å². The van der Waals surface area contributed by atoms with Gasteiger partial charge in [-0.2, -0.15) is 0 Å². The maximum atomic E-state index is 12.9. The molecule has 0 aliphatic rings. The summed E-state index contributed by atoms with van der Waals surface area (Å²) in [5.41, 5.74) is 8.79. The minimum atomic E-state index is 0.0262. The first-order valence-electron chi connectivity index (χ1n) is 8.14. The second-order valence-electron chi connectivity index (χ2n) is 5.84. The third-order valence-corrected chi connectivity index (χ3v) is 4.39. The fourth-order valence-electron chi connectivity index (χ4n) is 3.16. The minimum Gasteiger partial charge on any atom is -0.497 e. The molecule has 0 unspecified atom stereocenters. The van der Waals surface area contributed by atoms with Crippen molar-refractivity contribution < 1.29 is 4.74 Å². The Bertz CT molecular complexity index is 914. The lowest BCUT2D eigenvalue weighted by atomic mass is 9.97. The van der Waals surface area contributed by atoms with Crippen molar-refractivity contribution in [1.29, 1.82) is 0 Å². The highest BCUT2D eigenvalue weighted by molar-refractivity contribution is 5.98. The number of nitrogens with zero attached hydrogens (tertiary/aromatic N) is 1. The molecule has 4 heteroatoms. The van der Waals surface area contributed by atoms with E-state index in [0.717, 1.165) is 34.4 Å². The predicted molar refractivity (Wildman–Crippen MR) is 98.6 cm³/mol. The maximum absolute atomic E-state index is 12.9. The molecule has 0 saturated carbocycles. The molecule has 0 atom stereocenters. The van der Waals surface area contributed by atoms with Gasteiger partial charge < -0.3 is 15.0 Å². The Labute approximate surface area is 141 Å². The largest absolute Gasteiger partial charge is 0.497 e. The van der Waals surface area contributed by atoms with Crippen molar-refractivity contribution in [2.45, 2.75) is 19.9 Å². The predicted octanol–water partition coefficient (Wildman–Crippen LogP) is 3.33. The number of aromatic nitrogens is 1. The first-order chi connectivity index (χ1) is 11.7. The summed E-state index contributed by atoms with van der Waals surface area (Å²) >= 11 is 0. The van der Waals surface area contributed by atoms with Crippen LogP contribution in [-0.2, 0) is 6.54 Å². The van der Waals surface area contributed by atoms with Crippen LogP contribution < -0.4 is 16.0 Å². The molecule has 2 N–H and O–H groups in total. The van der Waals surface area contributed by atoms with Crippen molar-refractivity contribution in [1.82, 2.24) is 4.57 Å². The van der Waals surface area contributed by atoms with Gasteiger partial charge in [-0.05, 0) is 43.7 Å². The van der Waals surface area contributed by atoms with Crippen molar-refractivity contribution >= 4 is 10.8 Å². The number of methoxy groups -OCH3 is 1. The zero-order valence-electron chi connectivity index (χ0n) is 14.1. The van der Waals surface area contributed by atoms with Gasteiger partial charge in [-0.3, -0.25) is 4.79 Å². The van der Waals surface area contributed by atoms with E-state index in [0.29, 0.717) is 18.5 Å². The summed E-state index contributed by atoms with van der Waals surface area (Å²) in [5, 5.41) is 1.63. The molecule has 0 spiro atoms. The first-order valence-corrected chi connectivity index (χ1v) is 8.14. The van der Waals surface area contributed by atoms with Crippen LogP contribution in [0.4, 0.5) is 0 Å². The quantitative estimate of drug-likeness (QED) is 0.784. The normalized spacial score (nSPS) is 11.0. The third-order valence-electron chi connectivity index (χ3n) is 4.39. The SMILES string of the molecule is COc1ccc2c(=O)n(CCCN)c(C)c(-c3ccccc3)c2c1. The van der Waals surface area contributed by atoms with E-state index in [1.165, 1.54) is 0 Å². The van der Waals surface area contributed by atoms with Crippen LogP contribution >= 0.6 is 0 Å². The first kappa shape index (κ1) is 16.3. The lowest BCUT2D eigenvalue weighted by Gasteiger charge is -2.18. The lowest BCUT2D eigenvalue weighted by Crippen LogP contribution is -2.24. The van der Waals surface area contributed by atoms with Crippen LogP contribution in [0, 0.1) is 6.92 Å². The molecule has 0 aliphatic heterocycles. The molecule has 4 nitrogen and oxygen atoms in total. The number of fused-ring (bicyclic) bond motifs is 1. The van der Waals surface area contributed by atoms with E-state index in [4.69, 9.17) is 10.5 Å². The Balaban J connectivity index is 2.39. The van der Waals surface area contributed by atoms with Gasteiger partial charge in [0.2, 0.25) is 0 Å². The molecule has 0 fully saturated rings. The van der Waals surface area contributed by atoms with Crippen LogP contribution in [0.3, 0.4) is 0 Å². The van der Waals surface area contributed by atoms with Crippen LogP contribution in [0.2, 0.25) is 0 Å². The van der Waals surface area contributed by atoms with Crippen molar-refractivity contribution in [2.75, 3.05) is 13.7 Å². The van der Waals surface area contributed by atoms with Crippen LogP contribution in [0.1, 0.15) is 12.1 Å². The summed E-state index contributed by atoms with van der Waals surface area (Å²) in [6.07, 6.45) is 0.774. The molecule has 0 radical (unpaired) electrons. The Morgan fingerprint density at radius 2 is 1.83 bits per heavy atom. The number of nitrogens with two attached hydrogens (primary N) is 1. The highest BCUT2D eigenvalue weighted by Gasteiger charge is 2.15. The second kappa shape index (κ2) is 6.89. The zero-order chi connectivity index (χ0) is 17.1. The fraction of sp³-hybridized carbons (Fsp3) is 0.250. The van der Waals surface area contributed by atoms with Crippen LogP contribution in [0.5, 0.6) is 5.75 Å². The van der Waals surface area contributed by atoms with Gasteiger partial charge in [0.15, 0.2) is 0 Å². The van der Waals surface area contributed by atoms with Gasteiger partial charge in [0, 0.05) is 28.6 Å². The Morgan fingerprint density at radius 3 is 2.50 bits per heavy atom. The molecular formula is C20H22N2O2. The highest BCUT2D eigenvalue weighted by atomic mass is 16.5. The van der Waals surface area contributed by atoms with E-state index in [9.17, 15) is 4.79 Å². The van der Waals surface area contributed by atoms with Gasteiger partial charge in [-0.1, -0.05) is 30.3 Å². The Hall–Kier alpha value is -2.59. The molecule has 1 aromatic heterocycles. The van der Waals surface area contributed by atoms with E-state index in [-0.39, 0.29) is 5.56 Å². The summed E-state index contributed by atoms with van der Waals surface area (Å²) in [5.74, 6) is 0.748. The van der Waals surface area contributed by atoms with E-state index in [1.54, 1.807) is 7.11 Å². The van der Waals surface area contributed by atoms with Gasteiger partial charge in [-0.15, -0.1) is 0 Å². The molecule has 1 heterocycles. The molecule has 2 aromatic carbocycles.